The third-order valence-electron chi connectivity index (χ3n) is 18.9. The van der Waals surface area contributed by atoms with Gasteiger partial charge in [0.15, 0.2) is 12.6 Å². The Balaban J connectivity index is 1.03. The quantitative estimate of drug-likeness (QED) is 0.0819. The van der Waals surface area contributed by atoms with Crippen LogP contribution in [0.3, 0.4) is 0 Å². The van der Waals surface area contributed by atoms with Crippen molar-refractivity contribution in [1.82, 2.24) is 0 Å². The Labute approximate surface area is 386 Å². The van der Waals surface area contributed by atoms with E-state index in [1.807, 2.05) is 13.0 Å². The lowest BCUT2D eigenvalue weighted by atomic mass is 9.34. The highest BCUT2D eigenvalue weighted by atomic mass is 16.7. The molecule has 18 heteroatoms. The van der Waals surface area contributed by atoms with Gasteiger partial charge in [-0.2, -0.15) is 0 Å². The number of carbonyl (C=O) groups is 1. The van der Waals surface area contributed by atoms with Crippen molar-refractivity contribution >= 4 is 5.97 Å². The lowest BCUT2D eigenvalue weighted by Gasteiger charge is -2.71. The molecule has 66 heavy (non-hydrogen) atoms. The van der Waals surface area contributed by atoms with E-state index in [9.17, 15) is 61.0 Å². The molecule has 18 nitrogen and oxygen atoms in total. The number of hydrogen-bond acceptors (Lipinski definition) is 18. The first kappa shape index (κ1) is 50.7. The largest absolute Gasteiger partial charge is 0.432 e. The summed E-state index contributed by atoms with van der Waals surface area (Å²) in [7, 11) is 0. The van der Waals surface area contributed by atoms with Crippen LogP contribution in [0.25, 0.3) is 0 Å². The van der Waals surface area contributed by atoms with Crippen LogP contribution >= 0.6 is 0 Å². The van der Waals surface area contributed by atoms with E-state index in [4.69, 9.17) is 28.4 Å². The van der Waals surface area contributed by atoms with Gasteiger partial charge in [0.25, 0.3) is 0 Å². The molecule has 5 aliphatic carbocycles. The van der Waals surface area contributed by atoms with E-state index in [1.165, 1.54) is 5.57 Å². The summed E-state index contributed by atoms with van der Waals surface area (Å²) in [4.78, 5) is 14.6. The molecular weight excluding hydrogens is 865 g/mol. The molecule has 3 aliphatic heterocycles. The van der Waals surface area contributed by atoms with Gasteiger partial charge in [-0.25, -0.2) is 0 Å². The van der Waals surface area contributed by atoms with Gasteiger partial charge in [0.2, 0.25) is 6.29 Å². The zero-order chi connectivity index (χ0) is 48.3. The number of aliphatic hydroxyl groups excluding tert-OH is 11. The second kappa shape index (κ2) is 17.9. The maximum Gasteiger partial charge on any atom is 0.318 e. The van der Waals surface area contributed by atoms with E-state index in [0.29, 0.717) is 25.7 Å². The number of allylic oxidation sites excluding steroid dienone is 3. The molecule has 0 aromatic heterocycles. The highest BCUT2D eigenvalue weighted by Crippen LogP contribution is 2.75. The molecule has 8 aliphatic rings. The smallest absolute Gasteiger partial charge is 0.318 e. The summed E-state index contributed by atoms with van der Waals surface area (Å²) in [6, 6.07) is 0. The number of hydrogen-bond donors (Lipinski definition) is 11. The third-order valence-corrected chi connectivity index (χ3v) is 18.9. The molecule has 8 rings (SSSR count). The van der Waals surface area contributed by atoms with Crippen LogP contribution in [0.4, 0.5) is 0 Å². The number of esters is 1. The molecule has 3 saturated carbocycles. The summed E-state index contributed by atoms with van der Waals surface area (Å²) in [5.74, 6) is -0.689. The summed E-state index contributed by atoms with van der Waals surface area (Å²) in [6.45, 7) is 13.4. The van der Waals surface area contributed by atoms with Crippen LogP contribution in [0.1, 0.15) is 99.8 Å². The highest BCUT2D eigenvalue weighted by Gasteiger charge is 2.70. The van der Waals surface area contributed by atoms with Gasteiger partial charge in [-0.05, 0) is 91.8 Å². The topological polar surface area (TPSA) is 295 Å². The number of ether oxygens (including phenoxy) is 6. The molecule has 0 amide bonds. The Hall–Kier alpha value is -1.69. The van der Waals surface area contributed by atoms with Crippen LogP contribution < -0.4 is 0 Å². The van der Waals surface area contributed by atoms with Crippen LogP contribution in [0.2, 0.25) is 0 Å². The molecule has 24 atom stereocenters. The first-order chi connectivity index (χ1) is 30.9. The van der Waals surface area contributed by atoms with E-state index in [0.717, 1.165) is 25.7 Å². The predicted octanol–water partition coefficient (Wildman–Crippen LogP) is -0.0835. The second-order valence-electron chi connectivity index (χ2n) is 22.8. The Bertz CT molecular complexity index is 1840. The number of rotatable bonds is 9. The lowest BCUT2D eigenvalue weighted by Crippen LogP contribution is -2.67. The lowest BCUT2D eigenvalue weighted by molar-refractivity contribution is -0.367. The summed E-state index contributed by atoms with van der Waals surface area (Å²) in [6.07, 6.45) is -11.4. The molecule has 11 N–H and O–H groups in total. The number of aliphatic hydroxyl groups is 11. The Kier molecular flexibility index (Phi) is 13.7. The van der Waals surface area contributed by atoms with E-state index >= 15 is 0 Å². The molecule has 0 spiro atoms. The molecule has 3 saturated heterocycles. The molecule has 0 aromatic carbocycles. The van der Waals surface area contributed by atoms with Crippen molar-refractivity contribution in [2.24, 2.45) is 50.2 Å². The maximum atomic E-state index is 14.6. The third kappa shape index (κ3) is 7.71. The fraction of sp³-hybridized carbons (Fsp3) is 0.896. The molecule has 376 valence electrons. The van der Waals surface area contributed by atoms with Gasteiger partial charge in [-0.3, -0.25) is 4.79 Å². The SMILES string of the molecule is C[C@@H]1O[C@H](O[C@H]2CC[C@]3(C)[C@@H](CC[C@@]4(C)[C@@H]3CC=C3[C@@H]5CC(C)(C)C=C[C@@]5(C(=O)O[C@@H]5O[C@@H](CO)[C@H](O)[C@@H](O)[C@@H]5O)CC[C@]34C)[C@]2(C)CO)[C@@H](O)[C@H](O[C@H]2O[C@H](CO)[C@H](O)[C@H](O)[C@H]2O)[C@@H]1O. The average Bonchev–Trinajstić information content (AvgIpc) is 3.27. The van der Waals surface area contributed by atoms with E-state index < -0.39 is 128 Å². The van der Waals surface area contributed by atoms with Crippen LogP contribution in [-0.4, -0.2) is 180 Å². The van der Waals surface area contributed by atoms with Gasteiger partial charge in [0.05, 0.1) is 37.4 Å². The first-order valence-corrected chi connectivity index (χ1v) is 24.0. The zero-order valence-electron chi connectivity index (χ0n) is 39.3. The van der Waals surface area contributed by atoms with E-state index in [1.54, 1.807) is 6.92 Å². The van der Waals surface area contributed by atoms with Gasteiger partial charge in [0, 0.05) is 11.3 Å². The minimum absolute atomic E-state index is 0.0250. The normalized spacial score (nSPS) is 54.5. The van der Waals surface area contributed by atoms with Crippen molar-refractivity contribution in [3.05, 3.63) is 23.8 Å². The summed E-state index contributed by atoms with van der Waals surface area (Å²) >= 11 is 0. The molecule has 3 heterocycles. The minimum atomic E-state index is -1.76. The maximum absolute atomic E-state index is 14.6. The fourth-order valence-corrected chi connectivity index (χ4v) is 14.6. The van der Waals surface area contributed by atoms with Crippen molar-refractivity contribution in [3.63, 3.8) is 0 Å². The van der Waals surface area contributed by atoms with Gasteiger partial charge < -0.3 is 84.6 Å². The molecule has 6 fully saturated rings. The summed E-state index contributed by atoms with van der Waals surface area (Å²) in [5, 5.41) is 117. The van der Waals surface area contributed by atoms with Crippen LogP contribution in [0.15, 0.2) is 23.8 Å². The summed E-state index contributed by atoms with van der Waals surface area (Å²) < 4.78 is 35.7. The van der Waals surface area contributed by atoms with Gasteiger partial charge in [0.1, 0.15) is 67.1 Å². The zero-order valence-corrected chi connectivity index (χ0v) is 39.3. The number of fused-ring (bicyclic) bond motifs is 7. The molecule has 0 radical (unpaired) electrons. The van der Waals surface area contributed by atoms with E-state index in [2.05, 4.69) is 46.8 Å². The standard InChI is InChI=1S/C48H76O18/c1-22-30(52)38(65-39-35(57)33(55)31(53)25(19-49)62-39)37(59)41(61-22)64-29-11-12-44(4)27(45(29,5)21-51)10-13-47(7)28(44)9-8-23-24-18-43(2,3)14-16-48(24,17-15-46(23,47)6)42(60)66-40-36(58)34(56)32(54)26(20-50)63-40/h8,14,16,22,24-41,49-59H,9-13,15,17-21H2,1-7H3/t22-,24-,25+,26-,27+,28+,29-,30+,31-,32-,33-,34+,35+,36-,37-,38+,39+,40-,41+,44+,45-,46+,47-,48+/m0/s1. The first-order valence-electron chi connectivity index (χ1n) is 24.0. The Morgan fingerprint density at radius 2 is 1.27 bits per heavy atom. The van der Waals surface area contributed by atoms with Gasteiger partial charge in [-0.15, -0.1) is 0 Å². The molecule has 0 unspecified atom stereocenters. The number of carbonyl (C=O) groups excluding carboxylic acids is 1. The Morgan fingerprint density at radius 3 is 1.89 bits per heavy atom. The van der Waals surface area contributed by atoms with Crippen molar-refractivity contribution in [2.45, 2.75) is 198 Å². The monoisotopic (exact) mass is 941 g/mol. The van der Waals surface area contributed by atoms with Crippen LogP contribution in [-0.2, 0) is 33.2 Å². The predicted molar refractivity (Wildman–Crippen MR) is 230 cm³/mol. The molecule has 0 aromatic rings. The van der Waals surface area contributed by atoms with Crippen molar-refractivity contribution < 1.29 is 89.4 Å². The summed E-state index contributed by atoms with van der Waals surface area (Å²) in [5.41, 5.74) is -1.78. The average molecular weight is 941 g/mol. The van der Waals surface area contributed by atoms with Crippen molar-refractivity contribution in [3.8, 4) is 0 Å². The molecule has 0 bridgehead atoms. The van der Waals surface area contributed by atoms with Crippen molar-refractivity contribution in [2.75, 3.05) is 19.8 Å². The van der Waals surface area contributed by atoms with E-state index in [-0.39, 0.29) is 46.0 Å². The van der Waals surface area contributed by atoms with Crippen LogP contribution in [0.5, 0.6) is 0 Å². The van der Waals surface area contributed by atoms with Gasteiger partial charge in [-0.1, -0.05) is 65.3 Å². The highest BCUT2D eigenvalue weighted by molar-refractivity contribution is 5.81. The fourth-order valence-electron chi connectivity index (χ4n) is 14.6. The second-order valence-corrected chi connectivity index (χ2v) is 22.8. The molecular formula is C48H76O18. The van der Waals surface area contributed by atoms with Gasteiger partial charge >= 0.3 is 5.97 Å². The van der Waals surface area contributed by atoms with Crippen molar-refractivity contribution in [1.29, 1.82) is 0 Å². The Morgan fingerprint density at radius 1 is 0.667 bits per heavy atom. The minimum Gasteiger partial charge on any atom is -0.432 e. The van der Waals surface area contributed by atoms with Crippen LogP contribution in [0, 0.1) is 50.2 Å².